The minimum Gasteiger partial charge on any atom is -0.494 e. The maximum absolute atomic E-state index is 12.7. The number of hydrogen-bond donors (Lipinski definition) is 1. The average Bonchev–Trinajstić information content (AvgIpc) is 3.22. The molecule has 30 heavy (non-hydrogen) atoms. The van der Waals surface area contributed by atoms with Crippen LogP contribution in [0.1, 0.15) is 0 Å². The first kappa shape index (κ1) is 20.5. The molecular formula is C19H25N5O5S. The highest BCUT2D eigenvalue weighted by Gasteiger charge is 2.26. The number of anilines is 2. The number of morpholine rings is 1. The SMILES string of the molecule is COC(=O)N1CCN(C(=O)Nc2nc3c(OC)ccc(N4CCOCC4)c3s2)CC1. The van der Waals surface area contributed by atoms with Crippen LogP contribution in [0.3, 0.4) is 0 Å². The van der Waals surface area contributed by atoms with Crippen molar-refractivity contribution < 1.29 is 23.8 Å². The molecule has 162 valence electrons. The van der Waals surface area contributed by atoms with Crippen molar-refractivity contribution in [1.29, 1.82) is 0 Å². The normalized spacial score (nSPS) is 17.2. The third-order valence-corrected chi connectivity index (χ3v) is 6.26. The molecule has 0 radical (unpaired) electrons. The molecule has 2 saturated heterocycles. The smallest absolute Gasteiger partial charge is 0.409 e. The van der Waals surface area contributed by atoms with Crippen molar-refractivity contribution in [2.45, 2.75) is 0 Å². The van der Waals surface area contributed by atoms with Crippen LogP contribution in [-0.4, -0.2) is 93.6 Å². The van der Waals surface area contributed by atoms with Crippen LogP contribution in [0.25, 0.3) is 10.2 Å². The highest BCUT2D eigenvalue weighted by atomic mass is 32.1. The van der Waals surface area contributed by atoms with Gasteiger partial charge in [-0.2, -0.15) is 0 Å². The van der Waals surface area contributed by atoms with Crippen molar-refractivity contribution in [3.8, 4) is 5.75 Å². The molecule has 10 nitrogen and oxygen atoms in total. The van der Waals surface area contributed by atoms with E-state index < -0.39 is 0 Å². The Morgan fingerprint density at radius 3 is 2.43 bits per heavy atom. The summed E-state index contributed by atoms with van der Waals surface area (Å²) in [6, 6.07) is 3.71. The standard InChI is InChI=1S/C19H25N5O5S/c1-27-14-4-3-13(22-9-11-29-12-10-22)16-15(14)20-17(30-16)21-18(25)23-5-7-24(8-6-23)19(26)28-2/h3-4H,5-12H2,1-2H3,(H,20,21,25). The molecule has 0 bridgehead atoms. The molecule has 0 spiro atoms. The number of ether oxygens (including phenoxy) is 3. The fraction of sp³-hybridized carbons (Fsp3) is 0.526. The molecule has 3 heterocycles. The number of amides is 3. The summed E-state index contributed by atoms with van der Waals surface area (Å²) in [5, 5.41) is 3.42. The number of thiazole rings is 1. The largest absolute Gasteiger partial charge is 0.494 e. The van der Waals surface area contributed by atoms with Crippen LogP contribution in [0.2, 0.25) is 0 Å². The molecule has 3 amide bonds. The fourth-order valence-corrected chi connectivity index (χ4v) is 4.65. The number of nitrogens with one attached hydrogen (secondary N) is 1. The van der Waals surface area contributed by atoms with E-state index in [0.29, 0.717) is 50.3 Å². The molecule has 2 aromatic rings. The number of urea groups is 1. The lowest BCUT2D eigenvalue weighted by Gasteiger charge is -2.33. The molecule has 0 atom stereocenters. The van der Waals surface area contributed by atoms with E-state index in [1.807, 2.05) is 12.1 Å². The van der Waals surface area contributed by atoms with E-state index in [4.69, 9.17) is 14.2 Å². The van der Waals surface area contributed by atoms with Gasteiger partial charge in [0.15, 0.2) is 5.13 Å². The zero-order valence-corrected chi connectivity index (χ0v) is 17.9. The molecule has 2 aliphatic heterocycles. The van der Waals surface area contributed by atoms with E-state index in [1.54, 1.807) is 16.9 Å². The minimum atomic E-state index is -0.371. The van der Waals surface area contributed by atoms with E-state index in [0.717, 1.165) is 29.0 Å². The number of carbonyl (C=O) groups is 2. The Labute approximate surface area is 178 Å². The molecule has 1 aromatic carbocycles. The Morgan fingerprint density at radius 1 is 1.07 bits per heavy atom. The van der Waals surface area contributed by atoms with Gasteiger partial charge in [-0.05, 0) is 12.1 Å². The Bertz CT molecular complexity index is 921. The Kier molecular flexibility index (Phi) is 6.09. The van der Waals surface area contributed by atoms with E-state index >= 15 is 0 Å². The number of hydrogen-bond acceptors (Lipinski definition) is 8. The van der Waals surface area contributed by atoms with Crippen LogP contribution in [0.15, 0.2) is 12.1 Å². The molecule has 0 saturated carbocycles. The van der Waals surface area contributed by atoms with Gasteiger partial charge in [-0.25, -0.2) is 14.6 Å². The summed E-state index contributed by atoms with van der Waals surface area (Å²) in [5.41, 5.74) is 1.80. The fourth-order valence-electron chi connectivity index (χ4n) is 3.63. The number of nitrogens with zero attached hydrogens (tertiary/aromatic N) is 4. The summed E-state index contributed by atoms with van der Waals surface area (Å²) < 4.78 is 16.6. The second kappa shape index (κ2) is 8.92. The second-order valence-corrected chi connectivity index (χ2v) is 7.96. The van der Waals surface area contributed by atoms with Crippen LogP contribution < -0.4 is 15.0 Å². The molecule has 0 aliphatic carbocycles. The average molecular weight is 436 g/mol. The Hall–Kier alpha value is -2.79. The molecular weight excluding hydrogens is 410 g/mol. The summed E-state index contributed by atoms with van der Waals surface area (Å²) in [6.07, 6.45) is -0.371. The van der Waals surface area contributed by atoms with Gasteiger partial charge >= 0.3 is 12.1 Å². The van der Waals surface area contributed by atoms with Crippen LogP contribution >= 0.6 is 11.3 Å². The van der Waals surface area contributed by atoms with Crippen molar-refractivity contribution in [3.05, 3.63) is 12.1 Å². The lowest BCUT2D eigenvalue weighted by molar-refractivity contribution is 0.0992. The van der Waals surface area contributed by atoms with Gasteiger partial charge in [-0.15, -0.1) is 0 Å². The minimum absolute atomic E-state index is 0.231. The van der Waals surface area contributed by atoms with Crippen molar-refractivity contribution in [2.75, 3.05) is 76.9 Å². The maximum atomic E-state index is 12.7. The van der Waals surface area contributed by atoms with Crippen molar-refractivity contribution in [2.24, 2.45) is 0 Å². The third-order valence-electron chi connectivity index (χ3n) is 5.27. The second-order valence-electron chi connectivity index (χ2n) is 6.96. The van der Waals surface area contributed by atoms with E-state index in [1.165, 1.54) is 18.4 Å². The lowest BCUT2D eigenvalue weighted by atomic mass is 10.2. The molecule has 2 aliphatic rings. The highest BCUT2D eigenvalue weighted by molar-refractivity contribution is 7.23. The van der Waals surface area contributed by atoms with Crippen molar-refractivity contribution in [3.63, 3.8) is 0 Å². The topological polar surface area (TPSA) is 96.5 Å². The van der Waals surface area contributed by atoms with Gasteiger partial charge in [0.1, 0.15) is 11.3 Å². The van der Waals surface area contributed by atoms with Gasteiger partial charge in [0, 0.05) is 39.3 Å². The highest BCUT2D eigenvalue weighted by Crippen LogP contribution is 2.39. The van der Waals surface area contributed by atoms with Gasteiger partial charge in [0.2, 0.25) is 0 Å². The first-order chi connectivity index (χ1) is 14.6. The predicted molar refractivity (Wildman–Crippen MR) is 114 cm³/mol. The van der Waals surface area contributed by atoms with Gasteiger partial charge in [-0.3, -0.25) is 5.32 Å². The number of carbonyl (C=O) groups excluding carboxylic acids is 2. The molecule has 11 heteroatoms. The number of rotatable bonds is 3. The van der Waals surface area contributed by atoms with Crippen molar-refractivity contribution >= 4 is 44.5 Å². The van der Waals surface area contributed by atoms with E-state index in [-0.39, 0.29) is 12.1 Å². The molecule has 1 N–H and O–H groups in total. The zero-order valence-electron chi connectivity index (χ0n) is 17.0. The monoisotopic (exact) mass is 435 g/mol. The van der Waals surface area contributed by atoms with Crippen molar-refractivity contribution in [1.82, 2.24) is 14.8 Å². The Balaban J connectivity index is 1.50. The predicted octanol–water partition coefficient (Wildman–Crippen LogP) is 2.06. The molecule has 2 fully saturated rings. The number of aromatic nitrogens is 1. The summed E-state index contributed by atoms with van der Waals surface area (Å²) in [7, 11) is 2.97. The number of piperazine rings is 1. The summed E-state index contributed by atoms with van der Waals surface area (Å²) in [6.45, 7) is 4.75. The quantitative estimate of drug-likeness (QED) is 0.788. The summed E-state index contributed by atoms with van der Waals surface area (Å²) >= 11 is 1.43. The third kappa shape index (κ3) is 4.08. The lowest BCUT2D eigenvalue weighted by Crippen LogP contribution is -2.51. The molecule has 4 rings (SSSR count). The maximum Gasteiger partial charge on any atom is 0.409 e. The van der Waals surface area contributed by atoms with Gasteiger partial charge < -0.3 is 28.9 Å². The van der Waals surface area contributed by atoms with Crippen LogP contribution in [0.4, 0.5) is 20.4 Å². The van der Waals surface area contributed by atoms with Crippen LogP contribution in [-0.2, 0) is 9.47 Å². The first-order valence-corrected chi connectivity index (χ1v) is 10.6. The van der Waals surface area contributed by atoms with E-state index in [2.05, 4.69) is 15.2 Å². The van der Waals surface area contributed by atoms with E-state index in [9.17, 15) is 9.59 Å². The first-order valence-electron chi connectivity index (χ1n) is 9.79. The number of methoxy groups -OCH3 is 2. The molecule has 0 unspecified atom stereocenters. The zero-order chi connectivity index (χ0) is 21.1. The van der Waals surface area contributed by atoms with Gasteiger partial charge in [0.25, 0.3) is 0 Å². The van der Waals surface area contributed by atoms with Crippen LogP contribution in [0.5, 0.6) is 5.75 Å². The summed E-state index contributed by atoms with van der Waals surface area (Å²) in [4.78, 5) is 34.5. The molecule has 1 aromatic heterocycles. The number of benzene rings is 1. The Morgan fingerprint density at radius 2 is 1.77 bits per heavy atom. The number of fused-ring (bicyclic) bond motifs is 1. The van der Waals surface area contributed by atoms with Crippen LogP contribution in [0, 0.1) is 0 Å². The van der Waals surface area contributed by atoms with Gasteiger partial charge in [0.05, 0.1) is 37.8 Å². The summed E-state index contributed by atoms with van der Waals surface area (Å²) in [5.74, 6) is 0.672. The van der Waals surface area contributed by atoms with Gasteiger partial charge in [-0.1, -0.05) is 11.3 Å².